The van der Waals surface area contributed by atoms with Crippen LogP contribution >= 0.6 is 0 Å². The number of nitrogens with zero attached hydrogens (tertiary/aromatic N) is 1. The Bertz CT molecular complexity index is 332. The van der Waals surface area contributed by atoms with Crippen LogP contribution in [0, 0.1) is 5.92 Å². The summed E-state index contributed by atoms with van der Waals surface area (Å²) in [5, 5.41) is 2.71. The molecule has 0 rings (SSSR count). The molecule has 0 spiro atoms. The lowest BCUT2D eigenvalue weighted by Gasteiger charge is -2.34. The summed E-state index contributed by atoms with van der Waals surface area (Å²) in [5.41, 5.74) is -1.52. The number of alkyl carbamates (subject to hydrolysis) is 1. The van der Waals surface area contributed by atoms with Crippen molar-refractivity contribution in [3.63, 3.8) is 0 Å². The third-order valence-corrected chi connectivity index (χ3v) is 2.47. The third-order valence-electron chi connectivity index (χ3n) is 2.47. The average molecular weight is 272 g/mol. The molecule has 0 fully saturated rings. The molecule has 0 aromatic carbocycles. The van der Waals surface area contributed by atoms with Crippen LogP contribution in [-0.2, 0) is 9.53 Å². The minimum Gasteiger partial charge on any atom is -0.444 e. The van der Waals surface area contributed by atoms with E-state index >= 15 is 0 Å². The number of likely N-dealkylation sites (N-methyl/N-ethyl adjacent to an activating group) is 1. The summed E-state index contributed by atoms with van der Waals surface area (Å²) >= 11 is 0. The van der Waals surface area contributed by atoms with E-state index in [0.29, 0.717) is 6.42 Å². The lowest BCUT2D eigenvalue weighted by Crippen LogP contribution is -2.57. The van der Waals surface area contributed by atoms with E-state index in [2.05, 4.69) is 5.32 Å². The monoisotopic (exact) mass is 272 g/mol. The van der Waals surface area contributed by atoms with Crippen LogP contribution in [0.4, 0.5) is 4.79 Å². The number of nitrogens with one attached hydrogen (secondary N) is 1. The topological polar surface area (TPSA) is 58.6 Å². The van der Waals surface area contributed by atoms with E-state index in [4.69, 9.17) is 4.74 Å². The minimum absolute atomic E-state index is 0.132. The highest BCUT2D eigenvalue weighted by Gasteiger charge is 2.37. The van der Waals surface area contributed by atoms with Gasteiger partial charge in [0.25, 0.3) is 0 Å². The minimum atomic E-state index is -0.944. The molecule has 0 bridgehead atoms. The van der Waals surface area contributed by atoms with Crippen molar-refractivity contribution >= 4 is 12.0 Å². The zero-order valence-corrected chi connectivity index (χ0v) is 13.5. The number of carbonyl (C=O) groups excluding carboxylic acids is 2. The summed E-state index contributed by atoms with van der Waals surface area (Å²) in [7, 11) is 3.36. The molecule has 19 heavy (non-hydrogen) atoms. The first-order valence-electron chi connectivity index (χ1n) is 6.60. The van der Waals surface area contributed by atoms with Crippen LogP contribution in [0.1, 0.15) is 48.0 Å². The summed E-state index contributed by atoms with van der Waals surface area (Å²) in [6.45, 7) is 11.1. The van der Waals surface area contributed by atoms with Crippen molar-refractivity contribution < 1.29 is 14.3 Å². The average Bonchev–Trinajstić information content (AvgIpc) is 2.10. The molecule has 1 unspecified atom stereocenters. The van der Waals surface area contributed by atoms with Gasteiger partial charge in [-0.05, 0) is 40.0 Å². The molecule has 0 aromatic heterocycles. The van der Waals surface area contributed by atoms with Crippen LogP contribution in [0.15, 0.2) is 0 Å². The summed E-state index contributed by atoms with van der Waals surface area (Å²) in [6, 6.07) is 0. The fourth-order valence-electron chi connectivity index (χ4n) is 2.03. The number of rotatable bonds is 4. The summed E-state index contributed by atoms with van der Waals surface area (Å²) < 4.78 is 5.22. The van der Waals surface area contributed by atoms with Gasteiger partial charge in [0, 0.05) is 14.1 Å². The van der Waals surface area contributed by atoms with Gasteiger partial charge in [0.2, 0.25) is 5.91 Å². The molecule has 2 amide bonds. The summed E-state index contributed by atoms with van der Waals surface area (Å²) in [5.74, 6) is 0.149. The smallest absolute Gasteiger partial charge is 0.408 e. The van der Waals surface area contributed by atoms with E-state index in [1.807, 2.05) is 13.8 Å². The van der Waals surface area contributed by atoms with Crippen LogP contribution in [0.5, 0.6) is 0 Å². The van der Waals surface area contributed by atoms with Crippen LogP contribution in [0.25, 0.3) is 0 Å². The first-order valence-corrected chi connectivity index (χ1v) is 6.60. The number of hydrogen-bond acceptors (Lipinski definition) is 3. The molecular weight excluding hydrogens is 244 g/mol. The van der Waals surface area contributed by atoms with Crippen molar-refractivity contribution in [2.75, 3.05) is 14.1 Å². The van der Waals surface area contributed by atoms with E-state index in [9.17, 15) is 9.59 Å². The van der Waals surface area contributed by atoms with Crippen LogP contribution < -0.4 is 5.32 Å². The predicted molar refractivity (Wildman–Crippen MR) is 75.9 cm³/mol. The van der Waals surface area contributed by atoms with Gasteiger partial charge >= 0.3 is 6.09 Å². The highest BCUT2D eigenvalue weighted by molar-refractivity contribution is 5.89. The molecule has 0 aromatic rings. The standard InChI is InChI=1S/C14H28N2O3/c1-10(2)9-14(6,11(17)16(7)8)15-12(18)19-13(3,4)5/h10H,9H2,1-8H3,(H,15,18). The Morgan fingerprint density at radius 1 is 1.16 bits per heavy atom. The van der Waals surface area contributed by atoms with Gasteiger partial charge < -0.3 is 15.0 Å². The fraction of sp³-hybridized carbons (Fsp3) is 0.857. The zero-order chi connectivity index (χ0) is 15.4. The van der Waals surface area contributed by atoms with Gasteiger partial charge in [0.15, 0.2) is 0 Å². The lowest BCUT2D eigenvalue weighted by molar-refractivity contribution is -0.135. The largest absolute Gasteiger partial charge is 0.444 e. The van der Waals surface area contributed by atoms with E-state index in [1.54, 1.807) is 41.8 Å². The van der Waals surface area contributed by atoms with Crippen LogP contribution in [0.3, 0.4) is 0 Å². The predicted octanol–water partition coefficient (Wildman–Crippen LogP) is 2.40. The van der Waals surface area contributed by atoms with Gasteiger partial charge in [-0.1, -0.05) is 13.8 Å². The van der Waals surface area contributed by atoms with E-state index in [0.717, 1.165) is 0 Å². The van der Waals surface area contributed by atoms with Crippen molar-refractivity contribution in [2.24, 2.45) is 5.92 Å². The highest BCUT2D eigenvalue weighted by atomic mass is 16.6. The van der Waals surface area contributed by atoms with E-state index in [-0.39, 0.29) is 11.8 Å². The van der Waals surface area contributed by atoms with Crippen molar-refractivity contribution in [1.29, 1.82) is 0 Å². The van der Waals surface area contributed by atoms with E-state index < -0.39 is 17.2 Å². The Hall–Kier alpha value is -1.26. The fourth-order valence-corrected chi connectivity index (χ4v) is 2.03. The van der Waals surface area contributed by atoms with Gasteiger partial charge in [-0.15, -0.1) is 0 Å². The number of hydrogen-bond donors (Lipinski definition) is 1. The molecule has 0 aliphatic heterocycles. The van der Waals surface area contributed by atoms with Gasteiger partial charge in [0.05, 0.1) is 0 Å². The number of ether oxygens (including phenoxy) is 1. The third kappa shape index (κ3) is 6.45. The summed E-state index contributed by atoms with van der Waals surface area (Å²) in [4.78, 5) is 25.6. The molecule has 0 saturated carbocycles. The molecule has 1 atom stereocenters. The first kappa shape index (κ1) is 17.7. The maximum Gasteiger partial charge on any atom is 0.408 e. The van der Waals surface area contributed by atoms with Crippen LogP contribution in [-0.4, -0.2) is 42.1 Å². The Morgan fingerprint density at radius 2 is 1.63 bits per heavy atom. The highest BCUT2D eigenvalue weighted by Crippen LogP contribution is 2.20. The molecule has 0 aliphatic carbocycles. The number of carbonyl (C=O) groups is 2. The van der Waals surface area contributed by atoms with Gasteiger partial charge in [-0.25, -0.2) is 4.79 Å². The van der Waals surface area contributed by atoms with Crippen molar-refractivity contribution in [2.45, 2.75) is 59.1 Å². The Labute approximate surface area is 116 Å². The quantitative estimate of drug-likeness (QED) is 0.855. The molecule has 1 N–H and O–H groups in total. The summed E-state index contributed by atoms with van der Waals surface area (Å²) in [6.07, 6.45) is -0.00524. The zero-order valence-electron chi connectivity index (χ0n) is 13.5. The lowest BCUT2D eigenvalue weighted by atomic mass is 9.89. The molecule has 0 radical (unpaired) electrons. The van der Waals surface area contributed by atoms with Crippen molar-refractivity contribution in [1.82, 2.24) is 10.2 Å². The molecule has 0 aliphatic rings. The van der Waals surface area contributed by atoms with Gasteiger partial charge in [0.1, 0.15) is 11.1 Å². The second kappa shape index (κ2) is 6.26. The first-order chi connectivity index (χ1) is 8.37. The van der Waals surface area contributed by atoms with Crippen LogP contribution in [0.2, 0.25) is 0 Å². The number of amides is 2. The molecule has 0 heterocycles. The molecule has 5 heteroatoms. The Kier molecular flexibility index (Phi) is 5.84. The Morgan fingerprint density at radius 3 is 1.95 bits per heavy atom. The molecule has 0 saturated heterocycles. The van der Waals surface area contributed by atoms with E-state index in [1.165, 1.54) is 4.90 Å². The normalized spacial score (nSPS) is 14.8. The Balaban J connectivity index is 4.97. The van der Waals surface area contributed by atoms with Crippen molar-refractivity contribution in [3.8, 4) is 0 Å². The maximum absolute atomic E-state index is 12.3. The van der Waals surface area contributed by atoms with Crippen molar-refractivity contribution in [3.05, 3.63) is 0 Å². The molecule has 5 nitrogen and oxygen atoms in total. The maximum atomic E-state index is 12.3. The second-order valence-electron chi connectivity index (χ2n) is 6.76. The van der Waals surface area contributed by atoms with Gasteiger partial charge in [-0.3, -0.25) is 4.79 Å². The molecule has 112 valence electrons. The van der Waals surface area contributed by atoms with Gasteiger partial charge in [-0.2, -0.15) is 0 Å². The SMILES string of the molecule is CC(C)CC(C)(NC(=O)OC(C)(C)C)C(=O)N(C)C. The second-order valence-corrected chi connectivity index (χ2v) is 6.76. The molecular formula is C14H28N2O3.